The van der Waals surface area contributed by atoms with Crippen molar-refractivity contribution in [3.05, 3.63) is 62.3 Å². The second-order valence-electron chi connectivity index (χ2n) is 8.54. The fourth-order valence-corrected chi connectivity index (χ4v) is 5.01. The molecule has 1 saturated heterocycles. The highest BCUT2D eigenvalue weighted by Crippen LogP contribution is 2.25. The Balaban J connectivity index is 1.58. The first-order valence-corrected chi connectivity index (χ1v) is 12.0. The van der Waals surface area contributed by atoms with Crippen LogP contribution in [0.25, 0.3) is 11.2 Å². The third-order valence-corrected chi connectivity index (χ3v) is 6.92. The summed E-state index contributed by atoms with van der Waals surface area (Å²) in [6.07, 6.45) is 2.00. The highest BCUT2D eigenvalue weighted by Gasteiger charge is 2.25. The molecule has 0 saturated carbocycles. The topological polar surface area (TPSA) is 107 Å². The van der Waals surface area contributed by atoms with Crippen molar-refractivity contribution in [2.24, 2.45) is 12.8 Å². The van der Waals surface area contributed by atoms with E-state index in [1.165, 1.54) is 0 Å². The van der Waals surface area contributed by atoms with Gasteiger partial charge in [0, 0.05) is 37.3 Å². The van der Waals surface area contributed by atoms with Crippen LogP contribution in [-0.2, 0) is 20.1 Å². The van der Waals surface area contributed by atoms with Crippen molar-refractivity contribution < 1.29 is 0 Å². The lowest BCUT2D eigenvalue weighted by molar-refractivity contribution is 0.495. The summed E-state index contributed by atoms with van der Waals surface area (Å²) >= 11 is 1.58. The van der Waals surface area contributed by atoms with Crippen LogP contribution in [0.5, 0.6) is 0 Å². The van der Waals surface area contributed by atoms with Gasteiger partial charge in [0.25, 0.3) is 5.56 Å². The Morgan fingerprint density at radius 2 is 2.03 bits per heavy atom. The van der Waals surface area contributed by atoms with Crippen LogP contribution in [-0.4, -0.2) is 43.2 Å². The van der Waals surface area contributed by atoms with E-state index in [2.05, 4.69) is 27.3 Å². The number of nitrogens with one attached hydrogen (secondary N) is 1. The molecule has 0 aliphatic carbocycles. The van der Waals surface area contributed by atoms with Gasteiger partial charge in [-0.1, -0.05) is 30.3 Å². The molecule has 5 rings (SSSR count). The lowest BCUT2D eigenvalue weighted by Gasteiger charge is -2.31. The summed E-state index contributed by atoms with van der Waals surface area (Å²) in [5, 5.41) is 6.21. The van der Waals surface area contributed by atoms with Gasteiger partial charge in [0.2, 0.25) is 11.9 Å². The van der Waals surface area contributed by atoms with Gasteiger partial charge in [0.05, 0.1) is 13.1 Å². The van der Waals surface area contributed by atoms with E-state index in [1.54, 1.807) is 23.0 Å². The number of anilines is 2. The maximum absolute atomic E-state index is 13.5. The number of piperidine rings is 1. The number of hydrogen-bond acceptors (Lipinski definition) is 8. The molecule has 4 heterocycles. The van der Waals surface area contributed by atoms with Crippen LogP contribution >= 0.6 is 11.3 Å². The summed E-state index contributed by atoms with van der Waals surface area (Å²) in [4.78, 5) is 29.7. The first-order chi connectivity index (χ1) is 16.0. The van der Waals surface area contributed by atoms with Crippen molar-refractivity contribution in [3.63, 3.8) is 0 Å². The van der Waals surface area contributed by atoms with Crippen molar-refractivity contribution in [1.29, 1.82) is 0 Å². The number of nitrogens with two attached hydrogens (primary N) is 1. The number of aromatic nitrogens is 5. The second kappa shape index (κ2) is 8.95. The molecule has 4 aromatic rings. The van der Waals surface area contributed by atoms with Gasteiger partial charge in [-0.2, -0.15) is 9.97 Å². The monoisotopic (exact) mass is 464 g/mol. The molecule has 1 unspecified atom stereocenters. The smallest absolute Gasteiger partial charge is 0.281 e. The number of imidazole rings is 1. The fourth-order valence-electron chi connectivity index (χ4n) is 4.29. The van der Waals surface area contributed by atoms with Crippen molar-refractivity contribution in [1.82, 2.24) is 24.1 Å². The molecule has 10 heteroatoms. The van der Waals surface area contributed by atoms with Gasteiger partial charge in [-0.05, 0) is 25.3 Å². The van der Waals surface area contributed by atoms with Crippen molar-refractivity contribution in [2.75, 3.05) is 23.3 Å². The second-order valence-corrected chi connectivity index (χ2v) is 9.48. The van der Waals surface area contributed by atoms with E-state index in [4.69, 9.17) is 15.7 Å². The number of rotatable bonds is 6. The van der Waals surface area contributed by atoms with Crippen molar-refractivity contribution in [3.8, 4) is 0 Å². The molecule has 1 fully saturated rings. The number of aryl methyl sites for hydroxylation is 1. The summed E-state index contributed by atoms with van der Waals surface area (Å²) < 4.78 is 3.55. The number of benzene rings is 1. The van der Waals surface area contributed by atoms with E-state index in [-0.39, 0.29) is 11.6 Å². The molecule has 1 aliphatic heterocycles. The quantitative estimate of drug-likeness (QED) is 0.451. The highest BCUT2D eigenvalue weighted by atomic mass is 32.1. The number of thiazole rings is 1. The normalized spacial score (nSPS) is 16.5. The minimum absolute atomic E-state index is 0.0958. The molecule has 1 atom stereocenters. The van der Waals surface area contributed by atoms with Gasteiger partial charge in [-0.15, -0.1) is 11.3 Å². The Hall–Kier alpha value is -3.24. The van der Waals surface area contributed by atoms with E-state index in [0.29, 0.717) is 36.7 Å². The Morgan fingerprint density at radius 3 is 2.76 bits per heavy atom. The Labute approximate surface area is 195 Å². The van der Waals surface area contributed by atoms with Gasteiger partial charge in [-0.25, -0.2) is 4.98 Å². The van der Waals surface area contributed by atoms with Crippen molar-refractivity contribution in [2.45, 2.75) is 38.9 Å². The van der Waals surface area contributed by atoms with Crippen LogP contribution in [0.1, 0.15) is 29.1 Å². The molecule has 1 aliphatic rings. The maximum atomic E-state index is 13.5. The fraction of sp³-hybridized carbons (Fsp3) is 0.391. The van der Waals surface area contributed by atoms with Gasteiger partial charge < -0.3 is 16.0 Å². The predicted molar refractivity (Wildman–Crippen MR) is 132 cm³/mol. The van der Waals surface area contributed by atoms with Crippen molar-refractivity contribution >= 4 is 34.4 Å². The molecule has 9 nitrogen and oxygen atoms in total. The summed E-state index contributed by atoms with van der Waals surface area (Å²) in [5.74, 6) is 1.23. The van der Waals surface area contributed by atoms with E-state index in [1.807, 2.05) is 35.1 Å². The Kier molecular flexibility index (Phi) is 5.86. The zero-order chi connectivity index (χ0) is 22.9. The molecule has 3 N–H and O–H groups in total. The van der Waals surface area contributed by atoms with E-state index in [0.717, 1.165) is 41.6 Å². The van der Waals surface area contributed by atoms with Gasteiger partial charge in [0.1, 0.15) is 5.01 Å². The molecular formula is C23H28N8OS. The van der Waals surface area contributed by atoms with E-state index >= 15 is 0 Å². The molecular weight excluding hydrogens is 436 g/mol. The third-order valence-electron chi connectivity index (χ3n) is 5.95. The summed E-state index contributed by atoms with van der Waals surface area (Å²) in [6.45, 7) is 4.59. The largest absolute Gasteiger partial charge is 0.349 e. The molecule has 0 amide bonds. The molecule has 33 heavy (non-hydrogen) atoms. The maximum Gasteiger partial charge on any atom is 0.281 e. The van der Waals surface area contributed by atoms with Crippen LogP contribution < -0.4 is 21.5 Å². The van der Waals surface area contributed by atoms with Crippen LogP contribution in [0.3, 0.4) is 0 Å². The molecule has 0 bridgehead atoms. The van der Waals surface area contributed by atoms with E-state index in [9.17, 15) is 4.79 Å². The average Bonchev–Trinajstić information content (AvgIpc) is 3.39. The molecule has 0 radical (unpaired) electrons. The SMILES string of the molecule is Cc1csc(CNc2nc3nc(N4CCCC(N)C4)n(Cc4ccccc4)c3c(=O)n2C)n1. The first kappa shape index (κ1) is 21.6. The highest BCUT2D eigenvalue weighted by molar-refractivity contribution is 7.09. The van der Waals surface area contributed by atoms with Crippen LogP contribution in [0.2, 0.25) is 0 Å². The predicted octanol–water partition coefficient (Wildman–Crippen LogP) is 2.48. The van der Waals surface area contributed by atoms with Gasteiger partial charge in [-0.3, -0.25) is 13.9 Å². The van der Waals surface area contributed by atoms with E-state index < -0.39 is 0 Å². The summed E-state index contributed by atoms with van der Waals surface area (Å²) in [5.41, 5.74) is 9.16. The number of fused-ring (bicyclic) bond motifs is 1. The van der Waals surface area contributed by atoms with Gasteiger partial charge in [0.15, 0.2) is 11.2 Å². The number of hydrogen-bond donors (Lipinski definition) is 2. The molecule has 3 aromatic heterocycles. The first-order valence-electron chi connectivity index (χ1n) is 11.2. The Morgan fingerprint density at radius 1 is 1.21 bits per heavy atom. The minimum Gasteiger partial charge on any atom is -0.349 e. The molecule has 1 aromatic carbocycles. The van der Waals surface area contributed by atoms with Crippen LogP contribution in [0.15, 0.2) is 40.5 Å². The average molecular weight is 465 g/mol. The lowest BCUT2D eigenvalue weighted by atomic mass is 10.1. The Bertz CT molecular complexity index is 1330. The zero-order valence-corrected chi connectivity index (χ0v) is 19.7. The lowest BCUT2D eigenvalue weighted by Crippen LogP contribution is -2.44. The summed E-state index contributed by atoms with van der Waals surface area (Å²) in [7, 11) is 1.74. The molecule has 172 valence electrons. The minimum atomic E-state index is -0.131. The standard InChI is InChI=1S/C23H28N8OS/c1-15-14-33-18(26-15)11-25-22-27-20-19(21(32)29(22)2)31(12-16-7-4-3-5-8-16)23(28-20)30-10-6-9-17(24)13-30/h3-5,7-8,14,17H,6,9-13,24H2,1-2H3,(H,25,27). The third kappa shape index (κ3) is 4.36. The van der Waals surface area contributed by atoms with Crippen LogP contribution in [0.4, 0.5) is 11.9 Å². The zero-order valence-electron chi connectivity index (χ0n) is 18.9. The number of nitrogens with zero attached hydrogens (tertiary/aromatic N) is 6. The van der Waals surface area contributed by atoms with Crippen LogP contribution in [0, 0.1) is 6.92 Å². The summed E-state index contributed by atoms with van der Waals surface area (Å²) in [6, 6.07) is 10.2. The molecule has 0 spiro atoms. The van der Waals surface area contributed by atoms with Gasteiger partial charge >= 0.3 is 0 Å².